The molecule has 0 heterocycles. The number of ether oxygens (including phenoxy) is 2. The van der Waals surface area contributed by atoms with Crippen molar-refractivity contribution < 1.29 is 14.7 Å². The molecule has 106 valence electrons. The molecule has 5 nitrogen and oxygen atoms in total. The summed E-state index contributed by atoms with van der Waals surface area (Å²) in [7, 11) is 0. The van der Waals surface area contributed by atoms with E-state index in [1.54, 1.807) is 6.07 Å². The highest BCUT2D eigenvalue weighted by Gasteiger charge is 2.01. The molecule has 0 atom stereocenters. The zero-order valence-electron chi connectivity index (χ0n) is 11.5. The molecule has 19 heavy (non-hydrogen) atoms. The summed E-state index contributed by atoms with van der Waals surface area (Å²) in [5.74, 6) is 0.638. The molecule has 0 aliphatic carbocycles. The fourth-order valence-electron chi connectivity index (χ4n) is 1.51. The van der Waals surface area contributed by atoms with E-state index < -0.39 is 0 Å². The first-order valence-corrected chi connectivity index (χ1v) is 6.35. The third-order valence-corrected chi connectivity index (χ3v) is 2.42. The largest absolute Gasteiger partial charge is 0.409 e. The lowest BCUT2D eigenvalue weighted by molar-refractivity contribution is 0.0314. The summed E-state index contributed by atoms with van der Waals surface area (Å²) >= 11 is 0. The van der Waals surface area contributed by atoms with Gasteiger partial charge in [-0.2, -0.15) is 0 Å². The Labute approximate surface area is 114 Å². The average Bonchev–Trinajstić information content (AvgIpc) is 2.41. The van der Waals surface area contributed by atoms with Gasteiger partial charge in [0.15, 0.2) is 5.84 Å². The van der Waals surface area contributed by atoms with Crippen molar-refractivity contribution in [3.8, 4) is 0 Å². The molecule has 0 aliphatic rings. The van der Waals surface area contributed by atoms with Gasteiger partial charge in [0.1, 0.15) is 0 Å². The van der Waals surface area contributed by atoms with Crippen molar-refractivity contribution in [3.63, 3.8) is 0 Å². The Morgan fingerprint density at radius 3 is 2.74 bits per heavy atom. The van der Waals surface area contributed by atoms with E-state index in [9.17, 15) is 0 Å². The molecule has 0 amide bonds. The summed E-state index contributed by atoms with van der Waals surface area (Å²) in [6, 6.07) is 7.40. The number of oxime groups is 1. The van der Waals surface area contributed by atoms with Crippen LogP contribution in [0, 0.1) is 5.92 Å². The van der Waals surface area contributed by atoms with Crippen LogP contribution in [0.1, 0.15) is 25.0 Å². The molecule has 0 unspecified atom stereocenters. The Kier molecular flexibility index (Phi) is 6.92. The summed E-state index contributed by atoms with van der Waals surface area (Å²) in [6.07, 6.45) is 0. The normalized spacial score (nSPS) is 12.1. The van der Waals surface area contributed by atoms with Gasteiger partial charge >= 0.3 is 0 Å². The Morgan fingerprint density at radius 1 is 1.32 bits per heavy atom. The summed E-state index contributed by atoms with van der Waals surface area (Å²) in [5, 5.41) is 11.6. The number of hydrogen-bond donors (Lipinski definition) is 2. The fraction of sp³-hybridized carbons (Fsp3) is 0.500. The average molecular weight is 266 g/mol. The monoisotopic (exact) mass is 266 g/mol. The van der Waals surface area contributed by atoms with Crippen LogP contribution in [0.5, 0.6) is 0 Å². The number of rotatable bonds is 8. The zero-order valence-corrected chi connectivity index (χ0v) is 11.5. The third kappa shape index (κ3) is 6.22. The molecule has 5 heteroatoms. The Bertz CT molecular complexity index is 405. The molecule has 0 saturated carbocycles. The first-order valence-electron chi connectivity index (χ1n) is 6.35. The van der Waals surface area contributed by atoms with Gasteiger partial charge in [0.05, 0.1) is 19.8 Å². The minimum Gasteiger partial charge on any atom is -0.409 e. The van der Waals surface area contributed by atoms with Gasteiger partial charge in [0.25, 0.3) is 0 Å². The molecule has 1 aromatic rings. The SMILES string of the molecule is CC(C)COCCOCc1cccc(/C(N)=N/O)c1. The second kappa shape index (κ2) is 8.50. The molecule has 0 spiro atoms. The minimum absolute atomic E-state index is 0.0992. The van der Waals surface area contributed by atoms with E-state index in [0.29, 0.717) is 31.3 Å². The number of amidine groups is 1. The summed E-state index contributed by atoms with van der Waals surface area (Å²) in [4.78, 5) is 0. The minimum atomic E-state index is 0.0992. The molecule has 0 fully saturated rings. The highest BCUT2D eigenvalue weighted by Crippen LogP contribution is 2.06. The van der Waals surface area contributed by atoms with Crippen LogP contribution in [0.15, 0.2) is 29.4 Å². The molecule has 0 bridgehead atoms. The van der Waals surface area contributed by atoms with E-state index in [-0.39, 0.29) is 5.84 Å². The molecule has 0 saturated heterocycles. The lowest BCUT2D eigenvalue weighted by atomic mass is 10.1. The highest BCUT2D eigenvalue weighted by atomic mass is 16.5. The maximum atomic E-state index is 8.61. The lowest BCUT2D eigenvalue weighted by Crippen LogP contribution is -2.13. The zero-order chi connectivity index (χ0) is 14.1. The second-order valence-electron chi connectivity index (χ2n) is 4.71. The molecule has 3 N–H and O–H groups in total. The van der Waals surface area contributed by atoms with Crippen LogP contribution in [0.2, 0.25) is 0 Å². The van der Waals surface area contributed by atoms with Crippen LogP contribution in [0.25, 0.3) is 0 Å². The van der Waals surface area contributed by atoms with E-state index in [1.807, 2.05) is 18.2 Å². The van der Waals surface area contributed by atoms with Gasteiger partial charge in [-0.05, 0) is 17.5 Å². The van der Waals surface area contributed by atoms with Crippen molar-refractivity contribution in [2.45, 2.75) is 20.5 Å². The van der Waals surface area contributed by atoms with E-state index in [1.165, 1.54) is 0 Å². The molecule has 0 aliphatic heterocycles. The number of hydrogen-bond acceptors (Lipinski definition) is 4. The highest BCUT2D eigenvalue weighted by molar-refractivity contribution is 5.97. The Morgan fingerprint density at radius 2 is 2.05 bits per heavy atom. The summed E-state index contributed by atoms with van der Waals surface area (Å²) < 4.78 is 10.9. The fourth-order valence-corrected chi connectivity index (χ4v) is 1.51. The maximum Gasteiger partial charge on any atom is 0.170 e. The van der Waals surface area contributed by atoms with E-state index in [0.717, 1.165) is 12.2 Å². The predicted molar refractivity (Wildman–Crippen MR) is 74.3 cm³/mol. The van der Waals surface area contributed by atoms with Gasteiger partial charge in [0.2, 0.25) is 0 Å². The third-order valence-electron chi connectivity index (χ3n) is 2.42. The summed E-state index contributed by atoms with van der Waals surface area (Å²) in [6.45, 7) is 6.61. The number of benzene rings is 1. The van der Waals surface area contributed by atoms with Gasteiger partial charge in [-0.25, -0.2) is 0 Å². The number of nitrogens with zero attached hydrogens (tertiary/aromatic N) is 1. The first kappa shape index (κ1) is 15.5. The summed E-state index contributed by atoms with van der Waals surface area (Å²) in [5.41, 5.74) is 7.18. The molecule has 0 radical (unpaired) electrons. The van der Waals surface area contributed by atoms with Crippen LogP contribution in [0.3, 0.4) is 0 Å². The van der Waals surface area contributed by atoms with E-state index in [2.05, 4.69) is 19.0 Å². The maximum absolute atomic E-state index is 8.61. The molecular weight excluding hydrogens is 244 g/mol. The van der Waals surface area contributed by atoms with E-state index in [4.69, 9.17) is 20.4 Å². The smallest absolute Gasteiger partial charge is 0.170 e. The Hall–Kier alpha value is -1.59. The van der Waals surface area contributed by atoms with Crippen molar-refractivity contribution in [1.29, 1.82) is 0 Å². The standard InChI is InChI=1S/C14H22N2O3/c1-11(2)9-18-6-7-19-10-12-4-3-5-13(8-12)14(15)16-17/h3-5,8,11,17H,6-7,9-10H2,1-2H3,(H2,15,16). The van der Waals surface area contributed by atoms with Crippen molar-refractivity contribution in [2.24, 2.45) is 16.8 Å². The van der Waals surface area contributed by atoms with Gasteiger partial charge in [-0.3, -0.25) is 0 Å². The molecule has 1 rings (SSSR count). The van der Waals surface area contributed by atoms with Gasteiger partial charge in [0, 0.05) is 12.2 Å². The molecule has 1 aromatic carbocycles. The van der Waals surface area contributed by atoms with Crippen molar-refractivity contribution in [3.05, 3.63) is 35.4 Å². The van der Waals surface area contributed by atoms with Crippen LogP contribution >= 0.6 is 0 Å². The van der Waals surface area contributed by atoms with Crippen molar-refractivity contribution in [2.75, 3.05) is 19.8 Å². The first-order chi connectivity index (χ1) is 9.13. The van der Waals surface area contributed by atoms with Gasteiger partial charge in [-0.1, -0.05) is 37.2 Å². The van der Waals surface area contributed by atoms with Crippen LogP contribution < -0.4 is 5.73 Å². The lowest BCUT2D eigenvalue weighted by Gasteiger charge is -2.08. The van der Waals surface area contributed by atoms with Gasteiger partial charge < -0.3 is 20.4 Å². The second-order valence-corrected chi connectivity index (χ2v) is 4.71. The molecular formula is C14H22N2O3. The van der Waals surface area contributed by atoms with Crippen molar-refractivity contribution >= 4 is 5.84 Å². The van der Waals surface area contributed by atoms with Crippen molar-refractivity contribution in [1.82, 2.24) is 0 Å². The Balaban J connectivity index is 2.30. The van der Waals surface area contributed by atoms with Crippen LogP contribution in [-0.2, 0) is 16.1 Å². The molecule has 0 aromatic heterocycles. The van der Waals surface area contributed by atoms with Crippen LogP contribution in [-0.4, -0.2) is 30.9 Å². The van der Waals surface area contributed by atoms with Gasteiger partial charge in [-0.15, -0.1) is 0 Å². The number of nitrogens with two attached hydrogens (primary N) is 1. The van der Waals surface area contributed by atoms with E-state index >= 15 is 0 Å². The quantitative estimate of drug-likeness (QED) is 0.248. The topological polar surface area (TPSA) is 77.1 Å². The predicted octanol–water partition coefficient (Wildman–Crippen LogP) is 1.97. The van der Waals surface area contributed by atoms with Crippen LogP contribution in [0.4, 0.5) is 0 Å².